The van der Waals surface area contributed by atoms with Gasteiger partial charge < -0.3 is 10.0 Å². The second-order valence-corrected chi connectivity index (χ2v) is 5.51. The minimum Gasteiger partial charge on any atom is -0.480 e. The lowest BCUT2D eigenvalue weighted by atomic mass is 9.93. The third kappa shape index (κ3) is 2.66. The summed E-state index contributed by atoms with van der Waals surface area (Å²) in [5.41, 5.74) is 0.105. The van der Waals surface area contributed by atoms with Gasteiger partial charge >= 0.3 is 5.97 Å². The average Bonchev–Trinajstić information content (AvgIpc) is 3.17. The van der Waals surface area contributed by atoms with Crippen molar-refractivity contribution in [1.29, 1.82) is 0 Å². The number of carbonyl (C=O) groups is 2. The standard InChI is InChI=1S/C15H18FNO3/c1-10(2)17(9-13(18)19)14(20)15(7-8-15)11-3-5-12(16)6-4-11/h3-6,10H,7-9H2,1-2H3,(H,18,19). The van der Waals surface area contributed by atoms with Crippen LogP contribution in [0, 0.1) is 5.82 Å². The summed E-state index contributed by atoms with van der Waals surface area (Å²) < 4.78 is 13.0. The van der Waals surface area contributed by atoms with Crippen LogP contribution in [-0.4, -0.2) is 34.5 Å². The van der Waals surface area contributed by atoms with Crippen molar-refractivity contribution < 1.29 is 19.1 Å². The maximum Gasteiger partial charge on any atom is 0.323 e. The number of amides is 1. The minimum atomic E-state index is -1.03. The maximum absolute atomic E-state index is 13.0. The highest BCUT2D eigenvalue weighted by atomic mass is 19.1. The molecule has 0 heterocycles. The predicted molar refractivity (Wildman–Crippen MR) is 71.8 cm³/mol. The Morgan fingerprint density at radius 2 is 1.85 bits per heavy atom. The summed E-state index contributed by atoms with van der Waals surface area (Å²) in [6.07, 6.45) is 1.36. The highest BCUT2D eigenvalue weighted by molar-refractivity contribution is 5.93. The molecule has 1 N–H and O–H groups in total. The van der Waals surface area contributed by atoms with E-state index in [1.807, 2.05) is 0 Å². The average molecular weight is 279 g/mol. The lowest BCUT2D eigenvalue weighted by Gasteiger charge is -2.29. The molecule has 0 atom stereocenters. The van der Waals surface area contributed by atoms with Crippen molar-refractivity contribution >= 4 is 11.9 Å². The van der Waals surface area contributed by atoms with Crippen LogP contribution >= 0.6 is 0 Å². The number of benzene rings is 1. The van der Waals surface area contributed by atoms with Crippen molar-refractivity contribution in [3.05, 3.63) is 35.6 Å². The lowest BCUT2D eigenvalue weighted by Crippen LogP contribution is -2.46. The Labute approximate surface area is 117 Å². The van der Waals surface area contributed by atoms with E-state index in [9.17, 15) is 14.0 Å². The van der Waals surface area contributed by atoms with Crippen LogP contribution in [0.5, 0.6) is 0 Å². The fourth-order valence-electron chi connectivity index (χ4n) is 2.43. The van der Waals surface area contributed by atoms with E-state index in [1.54, 1.807) is 26.0 Å². The number of carboxylic acids is 1. The number of halogens is 1. The normalized spacial score (nSPS) is 16.0. The molecule has 0 aromatic heterocycles. The van der Waals surface area contributed by atoms with Gasteiger partial charge in [0.05, 0.1) is 5.41 Å². The second-order valence-electron chi connectivity index (χ2n) is 5.51. The molecule has 1 saturated carbocycles. The first kappa shape index (κ1) is 14.5. The number of nitrogens with zero attached hydrogens (tertiary/aromatic N) is 1. The Bertz CT molecular complexity index is 520. The van der Waals surface area contributed by atoms with Gasteiger partial charge in [-0.15, -0.1) is 0 Å². The molecule has 1 aromatic carbocycles. The summed E-state index contributed by atoms with van der Waals surface area (Å²) in [6, 6.07) is 5.70. The molecule has 1 aromatic rings. The Morgan fingerprint density at radius 3 is 2.25 bits per heavy atom. The molecule has 1 aliphatic carbocycles. The molecular formula is C15H18FNO3. The monoisotopic (exact) mass is 279 g/mol. The summed E-state index contributed by atoms with van der Waals surface area (Å²) in [6.45, 7) is 3.28. The van der Waals surface area contributed by atoms with E-state index < -0.39 is 11.4 Å². The molecule has 2 rings (SSSR count). The molecule has 0 radical (unpaired) electrons. The Morgan fingerprint density at radius 1 is 1.30 bits per heavy atom. The largest absolute Gasteiger partial charge is 0.480 e. The number of aliphatic carboxylic acids is 1. The number of carbonyl (C=O) groups excluding carboxylic acids is 1. The van der Waals surface area contributed by atoms with E-state index in [0.717, 1.165) is 5.56 Å². The fraction of sp³-hybridized carbons (Fsp3) is 0.467. The van der Waals surface area contributed by atoms with E-state index in [1.165, 1.54) is 17.0 Å². The molecule has 0 bridgehead atoms. The third-order valence-electron chi connectivity index (χ3n) is 3.75. The predicted octanol–water partition coefficient (Wildman–Crippen LogP) is 2.18. The first-order valence-electron chi connectivity index (χ1n) is 6.66. The van der Waals surface area contributed by atoms with Crippen molar-refractivity contribution in [2.24, 2.45) is 0 Å². The maximum atomic E-state index is 13.0. The van der Waals surface area contributed by atoms with Gasteiger partial charge in [0.2, 0.25) is 5.91 Å². The fourth-order valence-corrected chi connectivity index (χ4v) is 2.43. The Balaban J connectivity index is 2.26. The van der Waals surface area contributed by atoms with Gasteiger partial charge in [-0.05, 0) is 44.4 Å². The third-order valence-corrected chi connectivity index (χ3v) is 3.75. The minimum absolute atomic E-state index is 0.179. The van der Waals surface area contributed by atoms with E-state index in [-0.39, 0.29) is 24.3 Å². The summed E-state index contributed by atoms with van der Waals surface area (Å²) >= 11 is 0. The zero-order valence-corrected chi connectivity index (χ0v) is 11.6. The molecular weight excluding hydrogens is 261 g/mol. The van der Waals surface area contributed by atoms with Crippen LogP contribution < -0.4 is 0 Å². The zero-order chi connectivity index (χ0) is 14.9. The van der Waals surface area contributed by atoms with Gasteiger partial charge in [-0.3, -0.25) is 9.59 Å². The van der Waals surface area contributed by atoms with E-state index in [0.29, 0.717) is 12.8 Å². The van der Waals surface area contributed by atoms with Crippen molar-refractivity contribution in [3.8, 4) is 0 Å². The van der Waals surface area contributed by atoms with Crippen molar-refractivity contribution in [1.82, 2.24) is 4.90 Å². The van der Waals surface area contributed by atoms with Gasteiger partial charge in [-0.25, -0.2) is 4.39 Å². The lowest BCUT2D eigenvalue weighted by molar-refractivity contribution is -0.147. The molecule has 4 nitrogen and oxygen atoms in total. The summed E-state index contributed by atoms with van der Waals surface area (Å²) in [4.78, 5) is 24.9. The van der Waals surface area contributed by atoms with Crippen LogP contribution in [0.15, 0.2) is 24.3 Å². The summed E-state index contributed by atoms with van der Waals surface area (Å²) in [5.74, 6) is -1.55. The quantitative estimate of drug-likeness (QED) is 0.898. The molecule has 1 aliphatic rings. The second kappa shape index (κ2) is 5.23. The molecule has 5 heteroatoms. The van der Waals surface area contributed by atoms with E-state index >= 15 is 0 Å². The number of hydrogen-bond donors (Lipinski definition) is 1. The van der Waals surface area contributed by atoms with Gasteiger partial charge in [-0.2, -0.15) is 0 Å². The highest BCUT2D eigenvalue weighted by Crippen LogP contribution is 2.49. The summed E-state index contributed by atoms with van der Waals surface area (Å²) in [5, 5.41) is 8.93. The Hall–Kier alpha value is -1.91. The van der Waals surface area contributed by atoms with Crippen LogP contribution in [0.2, 0.25) is 0 Å². The molecule has 1 amide bonds. The smallest absolute Gasteiger partial charge is 0.323 e. The number of carboxylic acid groups (broad SMARTS) is 1. The number of rotatable bonds is 5. The van der Waals surface area contributed by atoms with E-state index in [2.05, 4.69) is 0 Å². The topological polar surface area (TPSA) is 57.6 Å². The van der Waals surface area contributed by atoms with Crippen LogP contribution in [0.3, 0.4) is 0 Å². The van der Waals surface area contributed by atoms with Crippen LogP contribution in [0.4, 0.5) is 4.39 Å². The van der Waals surface area contributed by atoms with Crippen LogP contribution in [0.1, 0.15) is 32.3 Å². The summed E-state index contributed by atoms with van der Waals surface area (Å²) in [7, 11) is 0. The first-order valence-corrected chi connectivity index (χ1v) is 6.66. The van der Waals surface area contributed by atoms with Crippen molar-refractivity contribution in [2.75, 3.05) is 6.54 Å². The molecule has 0 unspecified atom stereocenters. The first-order chi connectivity index (χ1) is 9.36. The van der Waals surface area contributed by atoms with Gasteiger partial charge in [-0.1, -0.05) is 12.1 Å². The van der Waals surface area contributed by atoms with Crippen LogP contribution in [0.25, 0.3) is 0 Å². The van der Waals surface area contributed by atoms with Crippen molar-refractivity contribution in [2.45, 2.75) is 38.1 Å². The SMILES string of the molecule is CC(C)N(CC(=O)O)C(=O)C1(c2ccc(F)cc2)CC1. The van der Waals surface area contributed by atoms with E-state index in [4.69, 9.17) is 5.11 Å². The van der Waals surface area contributed by atoms with Crippen molar-refractivity contribution in [3.63, 3.8) is 0 Å². The number of hydrogen-bond acceptors (Lipinski definition) is 2. The van der Waals surface area contributed by atoms with Gasteiger partial charge in [0.25, 0.3) is 0 Å². The molecule has 0 aliphatic heterocycles. The van der Waals surface area contributed by atoms with Crippen LogP contribution in [-0.2, 0) is 15.0 Å². The molecule has 0 saturated heterocycles. The molecule has 1 fully saturated rings. The molecule has 20 heavy (non-hydrogen) atoms. The van der Waals surface area contributed by atoms with Gasteiger partial charge in [0.15, 0.2) is 0 Å². The highest BCUT2D eigenvalue weighted by Gasteiger charge is 2.53. The van der Waals surface area contributed by atoms with Gasteiger partial charge in [0, 0.05) is 6.04 Å². The Kier molecular flexibility index (Phi) is 3.79. The molecule has 0 spiro atoms. The van der Waals surface area contributed by atoms with Gasteiger partial charge in [0.1, 0.15) is 12.4 Å². The zero-order valence-electron chi connectivity index (χ0n) is 11.6. The molecule has 108 valence electrons.